The van der Waals surface area contributed by atoms with E-state index >= 15 is 0 Å². The maximum atomic E-state index is 12.7. The third-order valence-electron chi connectivity index (χ3n) is 2.37. The van der Waals surface area contributed by atoms with Crippen molar-refractivity contribution in [3.05, 3.63) is 29.8 Å². The fraction of sp³-hybridized carbons (Fsp3) is 0.385. The van der Waals surface area contributed by atoms with Crippen LogP contribution in [0.3, 0.4) is 0 Å². The summed E-state index contributed by atoms with van der Waals surface area (Å²) in [6.45, 7) is 1.81. The number of halogens is 3. The zero-order valence-corrected chi connectivity index (χ0v) is 10.8. The van der Waals surface area contributed by atoms with Gasteiger partial charge in [-0.3, -0.25) is 9.59 Å². The van der Waals surface area contributed by atoms with Gasteiger partial charge in [0.2, 0.25) is 5.91 Å². The molecule has 7 heteroatoms. The van der Waals surface area contributed by atoms with E-state index in [1.165, 1.54) is 12.1 Å². The molecule has 0 saturated carbocycles. The van der Waals surface area contributed by atoms with Crippen LogP contribution in [-0.2, 0) is 20.5 Å². The zero-order valence-electron chi connectivity index (χ0n) is 10.8. The van der Waals surface area contributed by atoms with Gasteiger partial charge in [-0.2, -0.15) is 13.2 Å². The Morgan fingerprint density at radius 1 is 1.20 bits per heavy atom. The second-order valence-corrected chi connectivity index (χ2v) is 3.90. The first-order chi connectivity index (χ1) is 9.34. The van der Waals surface area contributed by atoms with Crippen LogP contribution < -0.4 is 5.32 Å². The second-order valence-electron chi connectivity index (χ2n) is 3.90. The lowest BCUT2D eigenvalue weighted by Crippen LogP contribution is -2.17. The monoisotopic (exact) mass is 289 g/mol. The number of anilines is 1. The molecule has 1 N–H and O–H groups in total. The lowest BCUT2D eigenvalue weighted by molar-refractivity contribution is -0.144. The van der Waals surface area contributed by atoms with Crippen LogP contribution in [0, 0.1) is 0 Å². The molecule has 1 rings (SSSR count). The molecular weight excluding hydrogens is 275 g/mol. The van der Waals surface area contributed by atoms with Gasteiger partial charge in [0.1, 0.15) is 0 Å². The van der Waals surface area contributed by atoms with Crippen molar-refractivity contribution in [1.29, 1.82) is 0 Å². The fourth-order valence-electron chi connectivity index (χ4n) is 1.50. The Kier molecular flexibility index (Phi) is 5.54. The summed E-state index contributed by atoms with van der Waals surface area (Å²) in [4.78, 5) is 22.6. The molecule has 0 aromatic heterocycles. The van der Waals surface area contributed by atoms with Crippen LogP contribution >= 0.6 is 0 Å². The van der Waals surface area contributed by atoms with Crippen LogP contribution in [0.15, 0.2) is 24.3 Å². The molecule has 0 radical (unpaired) electrons. The lowest BCUT2D eigenvalue weighted by atomic mass is 10.1. The normalized spacial score (nSPS) is 11.0. The minimum Gasteiger partial charge on any atom is -0.466 e. The molecular formula is C13H14F3NO3. The molecule has 0 atom stereocenters. The van der Waals surface area contributed by atoms with E-state index < -0.39 is 23.6 Å². The molecule has 0 unspecified atom stereocenters. The highest BCUT2D eigenvalue weighted by atomic mass is 19.4. The summed E-state index contributed by atoms with van der Waals surface area (Å²) in [6, 6.07) is 4.65. The van der Waals surface area contributed by atoms with Gasteiger partial charge in [-0.05, 0) is 19.1 Å². The highest BCUT2D eigenvalue weighted by Crippen LogP contribution is 2.34. The van der Waals surface area contributed by atoms with Gasteiger partial charge >= 0.3 is 12.1 Å². The summed E-state index contributed by atoms with van der Waals surface area (Å²) in [5.74, 6) is -1.23. The molecule has 1 aromatic carbocycles. The first-order valence-electron chi connectivity index (χ1n) is 5.96. The van der Waals surface area contributed by atoms with E-state index in [1.807, 2.05) is 0 Å². The minimum absolute atomic E-state index is 0.173. The second kappa shape index (κ2) is 6.93. The van der Waals surface area contributed by atoms with E-state index in [0.717, 1.165) is 12.1 Å². The predicted octanol–water partition coefficient (Wildman–Crippen LogP) is 2.99. The van der Waals surface area contributed by atoms with E-state index in [2.05, 4.69) is 10.1 Å². The van der Waals surface area contributed by atoms with Crippen LogP contribution in [0.25, 0.3) is 0 Å². The molecule has 0 saturated heterocycles. The van der Waals surface area contributed by atoms with Gasteiger partial charge < -0.3 is 10.1 Å². The quantitative estimate of drug-likeness (QED) is 0.848. The van der Waals surface area contributed by atoms with Gasteiger partial charge in [-0.15, -0.1) is 0 Å². The van der Waals surface area contributed by atoms with Crippen molar-refractivity contribution >= 4 is 17.6 Å². The van der Waals surface area contributed by atoms with Crippen molar-refractivity contribution in [1.82, 2.24) is 0 Å². The number of carbonyl (C=O) groups is 2. The van der Waals surface area contributed by atoms with Crippen molar-refractivity contribution in [2.24, 2.45) is 0 Å². The summed E-state index contributed by atoms with van der Waals surface area (Å²) >= 11 is 0. The SMILES string of the molecule is CCOC(=O)CCC(=O)Nc1ccccc1C(F)(F)F. The smallest absolute Gasteiger partial charge is 0.418 e. The number of carbonyl (C=O) groups excluding carboxylic acids is 2. The number of hydrogen-bond donors (Lipinski definition) is 1. The standard InChI is InChI=1S/C13H14F3NO3/c1-2-20-12(19)8-7-11(18)17-10-6-4-3-5-9(10)13(14,15)16/h3-6H,2,7-8H2,1H3,(H,17,18). The summed E-state index contributed by atoms with van der Waals surface area (Å²) in [5.41, 5.74) is -1.25. The molecule has 0 fully saturated rings. The number of alkyl halides is 3. The van der Waals surface area contributed by atoms with E-state index in [1.54, 1.807) is 6.92 Å². The van der Waals surface area contributed by atoms with Crippen LogP contribution in [-0.4, -0.2) is 18.5 Å². The Balaban J connectivity index is 2.65. The molecule has 110 valence electrons. The maximum Gasteiger partial charge on any atom is 0.418 e. The summed E-state index contributed by atoms with van der Waals surface area (Å²) in [7, 11) is 0. The molecule has 0 aliphatic carbocycles. The van der Waals surface area contributed by atoms with Crippen LogP contribution in [0.5, 0.6) is 0 Å². The average molecular weight is 289 g/mol. The van der Waals surface area contributed by atoms with Crippen molar-refractivity contribution in [3.8, 4) is 0 Å². The molecule has 0 heterocycles. The lowest BCUT2D eigenvalue weighted by Gasteiger charge is -2.13. The maximum absolute atomic E-state index is 12.7. The highest BCUT2D eigenvalue weighted by molar-refractivity contribution is 5.93. The van der Waals surface area contributed by atoms with Crippen LogP contribution in [0.2, 0.25) is 0 Å². The number of para-hydroxylation sites is 1. The summed E-state index contributed by atoms with van der Waals surface area (Å²) in [6.07, 6.45) is -4.95. The molecule has 0 aliphatic heterocycles. The van der Waals surface area contributed by atoms with Gasteiger partial charge in [0.15, 0.2) is 0 Å². The first-order valence-corrected chi connectivity index (χ1v) is 5.96. The molecule has 0 bridgehead atoms. The van der Waals surface area contributed by atoms with Gasteiger partial charge in [0.25, 0.3) is 0 Å². The summed E-state index contributed by atoms with van der Waals surface area (Å²) < 4.78 is 42.7. The van der Waals surface area contributed by atoms with E-state index in [9.17, 15) is 22.8 Å². The molecule has 20 heavy (non-hydrogen) atoms. The van der Waals surface area contributed by atoms with E-state index in [0.29, 0.717) is 0 Å². The average Bonchev–Trinajstić information content (AvgIpc) is 2.36. The van der Waals surface area contributed by atoms with E-state index in [4.69, 9.17) is 0 Å². The third kappa shape index (κ3) is 4.91. The van der Waals surface area contributed by atoms with Crippen molar-refractivity contribution in [2.45, 2.75) is 25.9 Å². The van der Waals surface area contributed by atoms with Crippen molar-refractivity contribution in [2.75, 3.05) is 11.9 Å². The van der Waals surface area contributed by atoms with E-state index in [-0.39, 0.29) is 25.1 Å². The van der Waals surface area contributed by atoms with Gasteiger partial charge in [-0.25, -0.2) is 0 Å². The van der Waals surface area contributed by atoms with Crippen LogP contribution in [0.1, 0.15) is 25.3 Å². The number of amides is 1. The Bertz CT molecular complexity index is 486. The Hall–Kier alpha value is -2.05. The van der Waals surface area contributed by atoms with Gasteiger partial charge in [0, 0.05) is 6.42 Å². The number of rotatable bonds is 5. The minimum atomic E-state index is -4.55. The Morgan fingerprint density at radius 2 is 1.85 bits per heavy atom. The van der Waals surface area contributed by atoms with Gasteiger partial charge in [-0.1, -0.05) is 12.1 Å². The molecule has 0 spiro atoms. The molecule has 1 amide bonds. The number of esters is 1. The Labute approximate surface area is 113 Å². The third-order valence-corrected chi connectivity index (χ3v) is 2.37. The predicted molar refractivity (Wildman–Crippen MR) is 65.9 cm³/mol. The molecule has 4 nitrogen and oxygen atoms in total. The van der Waals surface area contributed by atoms with Crippen molar-refractivity contribution < 1.29 is 27.5 Å². The van der Waals surface area contributed by atoms with Crippen LogP contribution in [0.4, 0.5) is 18.9 Å². The Morgan fingerprint density at radius 3 is 2.45 bits per heavy atom. The van der Waals surface area contributed by atoms with Gasteiger partial charge in [0.05, 0.1) is 24.3 Å². The first kappa shape index (κ1) is 16.0. The number of benzene rings is 1. The topological polar surface area (TPSA) is 55.4 Å². The number of ether oxygens (including phenoxy) is 1. The fourth-order valence-corrected chi connectivity index (χ4v) is 1.50. The largest absolute Gasteiger partial charge is 0.466 e. The molecule has 0 aliphatic rings. The van der Waals surface area contributed by atoms with Crippen molar-refractivity contribution in [3.63, 3.8) is 0 Å². The highest BCUT2D eigenvalue weighted by Gasteiger charge is 2.33. The number of hydrogen-bond acceptors (Lipinski definition) is 3. The zero-order chi connectivity index (χ0) is 15.2. The number of nitrogens with one attached hydrogen (secondary N) is 1. The summed E-state index contributed by atoms with van der Waals surface area (Å²) in [5, 5.41) is 2.15. The molecule has 1 aromatic rings.